The Morgan fingerprint density at radius 1 is 1.21 bits per heavy atom. The molecule has 1 aromatic carbocycles. The van der Waals surface area contributed by atoms with Crippen molar-refractivity contribution in [3.63, 3.8) is 0 Å². The van der Waals surface area contributed by atoms with Gasteiger partial charge >= 0.3 is 5.97 Å². The molecule has 208 valence electrons. The summed E-state index contributed by atoms with van der Waals surface area (Å²) in [6.07, 6.45) is 3.47. The van der Waals surface area contributed by atoms with E-state index in [4.69, 9.17) is 9.47 Å². The molecule has 3 atom stereocenters. The van der Waals surface area contributed by atoms with Gasteiger partial charge in [-0.3, -0.25) is 14.8 Å². The largest absolute Gasteiger partial charge is 0.505 e. The first kappa shape index (κ1) is 28.4. The Hall–Kier alpha value is -3.66. The lowest BCUT2D eigenvalue weighted by atomic mass is 9.82. The molecule has 2 N–H and O–H groups in total. The molecule has 0 bridgehead atoms. The molecule has 1 aliphatic rings. The fourth-order valence-electron chi connectivity index (χ4n) is 4.99. The second-order valence-electron chi connectivity index (χ2n) is 9.87. The number of hydrogen-bond acceptors (Lipinski definition) is 8. The second kappa shape index (κ2) is 12.0. The van der Waals surface area contributed by atoms with E-state index in [1.165, 1.54) is 19.4 Å². The maximum atomic E-state index is 15.3. The number of aromatic nitrogens is 3. The fraction of sp³-hybridized carbons (Fsp3) is 0.448. The maximum absolute atomic E-state index is 15.3. The number of carbonyl (C=O) groups excluding carboxylic acids is 1. The van der Waals surface area contributed by atoms with Gasteiger partial charge in [-0.15, -0.1) is 0 Å². The van der Waals surface area contributed by atoms with Gasteiger partial charge in [-0.05, 0) is 56.6 Å². The topological polar surface area (TPSA) is 115 Å². The Labute approximate surface area is 226 Å². The Kier molecular flexibility index (Phi) is 8.74. The van der Waals surface area contributed by atoms with Crippen molar-refractivity contribution in [2.24, 2.45) is 11.8 Å². The summed E-state index contributed by atoms with van der Waals surface area (Å²) in [7, 11) is 1.31. The predicted molar refractivity (Wildman–Crippen MR) is 139 cm³/mol. The zero-order chi connectivity index (χ0) is 28.3. The van der Waals surface area contributed by atoms with Gasteiger partial charge < -0.3 is 19.7 Å². The number of aryl methyl sites for hydroxylation is 2. The highest BCUT2D eigenvalue weighted by Crippen LogP contribution is 2.48. The average Bonchev–Trinajstić information content (AvgIpc) is 3.76. The third-order valence-electron chi connectivity index (χ3n) is 7.20. The molecule has 0 amide bonds. The number of aromatic hydroxyl groups is 1. The molecule has 2 heterocycles. The third kappa shape index (κ3) is 6.16. The lowest BCUT2D eigenvalue weighted by Crippen LogP contribution is -2.23. The first-order chi connectivity index (χ1) is 18.7. The van der Waals surface area contributed by atoms with Crippen LogP contribution < -0.4 is 4.74 Å². The van der Waals surface area contributed by atoms with Gasteiger partial charge in [0.1, 0.15) is 0 Å². The van der Waals surface area contributed by atoms with Crippen molar-refractivity contribution in [2.45, 2.75) is 58.5 Å². The molecular weight excluding hydrogens is 508 g/mol. The number of esters is 1. The SMILES string of the molecule is CCOc1cc(-c2ncc(C(O)CCc3ccc([C@H](C4CC4)[C@H](C)C(=O)OC)c(F)c3O)nc2C)c(F)cn1. The fourth-order valence-corrected chi connectivity index (χ4v) is 4.99. The third-order valence-corrected chi connectivity index (χ3v) is 7.20. The molecule has 1 fully saturated rings. The molecule has 0 spiro atoms. The van der Waals surface area contributed by atoms with Gasteiger partial charge in [0.05, 0.1) is 55.2 Å². The number of aliphatic hydroxyl groups is 1. The lowest BCUT2D eigenvalue weighted by molar-refractivity contribution is -0.145. The van der Waals surface area contributed by atoms with Crippen molar-refractivity contribution in [3.8, 4) is 22.9 Å². The molecule has 0 aliphatic heterocycles. The van der Waals surface area contributed by atoms with Crippen molar-refractivity contribution >= 4 is 5.97 Å². The van der Waals surface area contributed by atoms with Gasteiger partial charge in [0.15, 0.2) is 17.4 Å². The monoisotopic (exact) mass is 541 g/mol. The minimum absolute atomic E-state index is 0.141. The summed E-state index contributed by atoms with van der Waals surface area (Å²) in [5.41, 5.74) is 1.79. The number of phenolic OH excluding ortho intramolecular Hbond substituents is 1. The van der Waals surface area contributed by atoms with Gasteiger partial charge in [0.25, 0.3) is 0 Å². The second-order valence-corrected chi connectivity index (χ2v) is 9.87. The van der Waals surface area contributed by atoms with E-state index in [9.17, 15) is 19.4 Å². The standard InChI is InChI=1S/C29H33F2N3O5/c1-5-39-24-12-20(21(30)13-32-24)27-16(3)34-22(14-33-27)23(35)11-9-18-8-10-19(26(31)28(18)36)25(17-6-7-17)15(2)29(37)38-4/h8,10,12-15,17,23,25,35-36H,5-7,9,11H2,1-4H3/t15-,23?,25-/m0/s1. The number of nitrogens with zero attached hydrogens (tertiary/aromatic N) is 3. The van der Waals surface area contributed by atoms with E-state index in [2.05, 4.69) is 15.0 Å². The van der Waals surface area contributed by atoms with Crippen molar-refractivity contribution in [1.82, 2.24) is 15.0 Å². The summed E-state index contributed by atoms with van der Waals surface area (Å²) >= 11 is 0. The van der Waals surface area contributed by atoms with E-state index in [0.29, 0.717) is 29.1 Å². The van der Waals surface area contributed by atoms with Crippen LogP contribution in [0.1, 0.15) is 67.6 Å². The van der Waals surface area contributed by atoms with Gasteiger partial charge in [-0.2, -0.15) is 0 Å². The van der Waals surface area contributed by atoms with Crippen molar-refractivity contribution in [3.05, 3.63) is 64.7 Å². The molecule has 4 rings (SSSR count). The number of halogens is 2. The van der Waals surface area contributed by atoms with Crippen LogP contribution in [-0.4, -0.2) is 44.9 Å². The Morgan fingerprint density at radius 2 is 1.95 bits per heavy atom. The molecule has 39 heavy (non-hydrogen) atoms. The number of carbonyl (C=O) groups is 1. The summed E-state index contributed by atoms with van der Waals surface area (Å²) in [5, 5.41) is 21.4. The number of aliphatic hydroxyl groups excluding tert-OH is 1. The zero-order valence-corrected chi connectivity index (χ0v) is 22.4. The van der Waals surface area contributed by atoms with Gasteiger partial charge in [-0.1, -0.05) is 19.1 Å². The minimum Gasteiger partial charge on any atom is -0.505 e. The highest BCUT2D eigenvalue weighted by molar-refractivity contribution is 5.73. The molecular formula is C29H33F2N3O5. The summed E-state index contributed by atoms with van der Waals surface area (Å²) in [6.45, 7) is 5.55. The van der Waals surface area contributed by atoms with Gasteiger partial charge in [-0.25, -0.2) is 13.8 Å². The molecule has 0 radical (unpaired) electrons. The lowest BCUT2D eigenvalue weighted by Gasteiger charge is -2.24. The first-order valence-corrected chi connectivity index (χ1v) is 13.0. The number of methoxy groups -OCH3 is 1. The first-order valence-electron chi connectivity index (χ1n) is 13.0. The summed E-state index contributed by atoms with van der Waals surface area (Å²) in [5.74, 6) is -2.72. The number of rotatable bonds is 11. The summed E-state index contributed by atoms with van der Waals surface area (Å²) in [4.78, 5) is 24.8. The molecule has 8 nitrogen and oxygen atoms in total. The Balaban J connectivity index is 1.49. The average molecular weight is 542 g/mol. The maximum Gasteiger partial charge on any atom is 0.309 e. The van der Waals surface area contributed by atoms with Crippen LogP contribution in [0.4, 0.5) is 8.78 Å². The van der Waals surface area contributed by atoms with Gasteiger partial charge in [0.2, 0.25) is 5.88 Å². The number of phenols is 1. The van der Waals surface area contributed by atoms with Crippen LogP contribution in [0.15, 0.2) is 30.6 Å². The molecule has 1 saturated carbocycles. The molecule has 1 unspecified atom stereocenters. The van der Waals surface area contributed by atoms with Crippen LogP contribution in [0.25, 0.3) is 11.3 Å². The van der Waals surface area contributed by atoms with Crippen molar-refractivity contribution in [2.75, 3.05) is 13.7 Å². The van der Waals surface area contributed by atoms with E-state index in [-0.39, 0.29) is 41.8 Å². The normalized spacial score (nSPS) is 15.5. The van der Waals surface area contributed by atoms with E-state index in [1.54, 1.807) is 32.9 Å². The number of ether oxygens (including phenoxy) is 2. The highest BCUT2D eigenvalue weighted by atomic mass is 19.1. The molecule has 1 aliphatic carbocycles. The molecule has 2 aromatic heterocycles. The molecule has 10 heteroatoms. The van der Waals surface area contributed by atoms with Crippen molar-refractivity contribution < 1.29 is 33.3 Å². The Morgan fingerprint density at radius 3 is 2.59 bits per heavy atom. The van der Waals surface area contributed by atoms with Crippen LogP contribution in [0.3, 0.4) is 0 Å². The number of benzene rings is 1. The van der Waals surface area contributed by atoms with Gasteiger partial charge in [0, 0.05) is 17.5 Å². The predicted octanol–water partition coefficient (Wildman–Crippen LogP) is 5.20. The van der Waals surface area contributed by atoms with Crippen LogP contribution in [0, 0.1) is 30.4 Å². The minimum atomic E-state index is -1.05. The number of pyridine rings is 1. The summed E-state index contributed by atoms with van der Waals surface area (Å²) < 4.78 is 40.0. The molecule has 3 aromatic rings. The quantitative estimate of drug-likeness (QED) is 0.319. The van der Waals surface area contributed by atoms with E-state index in [1.807, 2.05) is 0 Å². The van der Waals surface area contributed by atoms with E-state index < -0.39 is 35.4 Å². The van der Waals surface area contributed by atoms with Crippen LogP contribution in [0.2, 0.25) is 0 Å². The van der Waals surface area contributed by atoms with Crippen molar-refractivity contribution in [1.29, 1.82) is 0 Å². The smallest absolute Gasteiger partial charge is 0.309 e. The van der Waals surface area contributed by atoms with E-state index in [0.717, 1.165) is 19.0 Å². The highest BCUT2D eigenvalue weighted by Gasteiger charge is 2.41. The van der Waals surface area contributed by atoms with Crippen LogP contribution in [0.5, 0.6) is 11.6 Å². The number of hydrogen-bond donors (Lipinski definition) is 2. The zero-order valence-electron chi connectivity index (χ0n) is 22.4. The van der Waals surface area contributed by atoms with Crippen LogP contribution >= 0.6 is 0 Å². The summed E-state index contributed by atoms with van der Waals surface area (Å²) in [6, 6.07) is 4.69. The van der Waals surface area contributed by atoms with Crippen LogP contribution in [-0.2, 0) is 16.0 Å². The van der Waals surface area contributed by atoms with E-state index >= 15 is 4.39 Å². The Bertz CT molecular complexity index is 1350. The molecule has 0 saturated heterocycles.